The zero-order valence-corrected chi connectivity index (χ0v) is 10.2. The van der Waals surface area contributed by atoms with Crippen LogP contribution in [0.1, 0.15) is 13.8 Å². The molecule has 0 aliphatic rings. The zero-order chi connectivity index (χ0) is 11.4. The summed E-state index contributed by atoms with van der Waals surface area (Å²) in [6.45, 7) is 4.68. The summed E-state index contributed by atoms with van der Waals surface area (Å²) < 4.78 is 6.07. The van der Waals surface area contributed by atoms with E-state index in [1.165, 1.54) is 12.1 Å². The fraction of sp³-hybridized carbons (Fsp3) is 0.400. The van der Waals surface area contributed by atoms with Crippen LogP contribution in [0.25, 0.3) is 0 Å². The zero-order valence-electron chi connectivity index (χ0n) is 8.57. The molecule has 4 nitrogen and oxygen atoms in total. The summed E-state index contributed by atoms with van der Waals surface area (Å²) in [5.74, 6) is 1.06. The molecule has 15 heavy (non-hydrogen) atoms. The molecule has 82 valence electrons. The van der Waals surface area contributed by atoms with Crippen molar-refractivity contribution in [2.75, 3.05) is 6.61 Å². The molecule has 1 aromatic carbocycles. The summed E-state index contributed by atoms with van der Waals surface area (Å²) in [4.78, 5) is 10.0. The van der Waals surface area contributed by atoms with Crippen LogP contribution < -0.4 is 4.74 Å². The molecule has 0 saturated carbocycles. The first-order chi connectivity index (χ1) is 7.00. The van der Waals surface area contributed by atoms with E-state index in [4.69, 9.17) is 4.74 Å². The van der Waals surface area contributed by atoms with Crippen LogP contribution >= 0.6 is 15.9 Å². The summed E-state index contributed by atoms with van der Waals surface area (Å²) in [5, 5.41) is 10.5. The highest BCUT2D eigenvalue weighted by Gasteiger charge is 2.09. The fourth-order valence-corrected chi connectivity index (χ4v) is 1.46. The Balaban J connectivity index is 2.79. The van der Waals surface area contributed by atoms with E-state index in [2.05, 4.69) is 15.9 Å². The van der Waals surface area contributed by atoms with Crippen LogP contribution in [0.5, 0.6) is 5.75 Å². The second kappa shape index (κ2) is 5.11. The Kier molecular flexibility index (Phi) is 4.08. The molecule has 0 radical (unpaired) electrons. The smallest absolute Gasteiger partial charge is 0.270 e. The molecule has 0 saturated heterocycles. The molecule has 0 unspecified atom stereocenters. The van der Waals surface area contributed by atoms with Gasteiger partial charge in [-0.25, -0.2) is 0 Å². The molecule has 1 aromatic rings. The Labute approximate surface area is 96.5 Å². The van der Waals surface area contributed by atoms with Gasteiger partial charge in [-0.05, 0) is 27.9 Å². The molecule has 0 aliphatic heterocycles. The number of rotatable bonds is 4. The molecule has 0 N–H and O–H groups in total. The largest absolute Gasteiger partial charge is 0.492 e. The predicted octanol–water partition coefficient (Wildman–Crippen LogP) is 3.39. The Morgan fingerprint density at radius 2 is 2.20 bits per heavy atom. The van der Waals surface area contributed by atoms with Crippen molar-refractivity contribution in [2.45, 2.75) is 13.8 Å². The van der Waals surface area contributed by atoms with Gasteiger partial charge in [-0.1, -0.05) is 13.8 Å². The Morgan fingerprint density at radius 1 is 1.53 bits per heavy atom. The highest BCUT2D eigenvalue weighted by Crippen LogP contribution is 2.29. The van der Waals surface area contributed by atoms with Gasteiger partial charge in [0.25, 0.3) is 5.69 Å². The Morgan fingerprint density at radius 3 is 2.67 bits per heavy atom. The van der Waals surface area contributed by atoms with Gasteiger partial charge in [0.1, 0.15) is 5.75 Å². The van der Waals surface area contributed by atoms with Gasteiger partial charge in [0.15, 0.2) is 0 Å². The van der Waals surface area contributed by atoms with Crippen molar-refractivity contribution in [1.29, 1.82) is 0 Å². The molecular formula is C10H12BrNO3. The van der Waals surface area contributed by atoms with Crippen LogP contribution in [-0.2, 0) is 0 Å². The molecule has 0 aliphatic carbocycles. The van der Waals surface area contributed by atoms with E-state index in [-0.39, 0.29) is 5.69 Å². The third-order valence-electron chi connectivity index (χ3n) is 1.70. The Bertz CT molecular complexity index is 366. The lowest BCUT2D eigenvalue weighted by Gasteiger charge is -2.09. The number of halogens is 1. The first kappa shape index (κ1) is 12.0. The maximum Gasteiger partial charge on any atom is 0.270 e. The number of nitrogens with zero attached hydrogens (tertiary/aromatic N) is 1. The fourth-order valence-electron chi connectivity index (χ4n) is 0.977. The van der Waals surface area contributed by atoms with Crippen LogP contribution in [0, 0.1) is 16.0 Å². The lowest BCUT2D eigenvalue weighted by Crippen LogP contribution is -2.04. The van der Waals surface area contributed by atoms with Gasteiger partial charge >= 0.3 is 0 Å². The number of nitro benzene ring substituents is 1. The minimum absolute atomic E-state index is 0.0544. The highest BCUT2D eigenvalue weighted by atomic mass is 79.9. The predicted molar refractivity (Wildman–Crippen MR) is 61.1 cm³/mol. The van der Waals surface area contributed by atoms with E-state index in [0.717, 1.165) is 0 Å². The number of hydrogen-bond acceptors (Lipinski definition) is 3. The first-order valence-electron chi connectivity index (χ1n) is 4.57. The van der Waals surface area contributed by atoms with Crippen molar-refractivity contribution in [3.63, 3.8) is 0 Å². The van der Waals surface area contributed by atoms with Crippen molar-refractivity contribution in [1.82, 2.24) is 0 Å². The molecule has 0 fully saturated rings. The van der Waals surface area contributed by atoms with E-state index in [1.54, 1.807) is 6.07 Å². The number of hydrogen-bond donors (Lipinski definition) is 0. The average molecular weight is 274 g/mol. The molecule has 0 spiro atoms. The third-order valence-corrected chi connectivity index (χ3v) is 2.32. The van der Waals surface area contributed by atoms with Crippen molar-refractivity contribution in [3.05, 3.63) is 32.8 Å². The summed E-state index contributed by atoms with van der Waals surface area (Å²) >= 11 is 3.24. The lowest BCUT2D eigenvalue weighted by molar-refractivity contribution is -0.385. The third kappa shape index (κ3) is 3.51. The number of ether oxygens (including phenoxy) is 1. The molecule has 0 aromatic heterocycles. The summed E-state index contributed by atoms with van der Waals surface area (Å²) in [6, 6.07) is 4.47. The maximum atomic E-state index is 10.5. The van der Waals surface area contributed by atoms with Gasteiger partial charge in [0, 0.05) is 12.1 Å². The molecule has 0 amide bonds. The van der Waals surface area contributed by atoms with Crippen LogP contribution in [-0.4, -0.2) is 11.5 Å². The van der Waals surface area contributed by atoms with Crippen LogP contribution in [0.3, 0.4) is 0 Å². The van der Waals surface area contributed by atoms with E-state index in [9.17, 15) is 10.1 Å². The van der Waals surface area contributed by atoms with Gasteiger partial charge in [-0.2, -0.15) is 0 Å². The van der Waals surface area contributed by atoms with Crippen LogP contribution in [0.15, 0.2) is 22.7 Å². The number of benzene rings is 1. The normalized spacial score (nSPS) is 10.4. The topological polar surface area (TPSA) is 52.4 Å². The second-order valence-electron chi connectivity index (χ2n) is 3.58. The highest BCUT2D eigenvalue weighted by molar-refractivity contribution is 9.10. The molecule has 0 heterocycles. The Hall–Kier alpha value is -1.10. The van der Waals surface area contributed by atoms with E-state index in [1.807, 2.05) is 13.8 Å². The van der Waals surface area contributed by atoms with Crippen LogP contribution in [0.4, 0.5) is 5.69 Å². The quantitative estimate of drug-likeness (QED) is 0.624. The molecule has 0 atom stereocenters. The standard InChI is InChI=1S/C10H12BrNO3/c1-7(2)6-15-10-4-3-8(12(13)14)5-9(10)11/h3-5,7H,6H2,1-2H3. The molecular weight excluding hydrogens is 262 g/mol. The van der Waals surface area contributed by atoms with E-state index >= 15 is 0 Å². The average Bonchev–Trinajstić information content (AvgIpc) is 2.15. The summed E-state index contributed by atoms with van der Waals surface area (Å²) in [7, 11) is 0. The minimum atomic E-state index is -0.434. The molecule has 0 bridgehead atoms. The summed E-state index contributed by atoms with van der Waals surface area (Å²) in [6.07, 6.45) is 0. The number of nitro groups is 1. The number of non-ortho nitro benzene ring substituents is 1. The molecule has 1 rings (SSSR count). The van der Waals surface area contributed by atoms with Gasteiger partial charge in [0.2, 0.25) is 0 Å². The second-order valence-corrected chi connectivity index (χ2v) is 4.43. The van der Waals surface area contributed by atoms with Crippen LogP contribution in [0.2, 0.25) is 0 Å². The van der Waals surface area contributed by atoms with Gasteiger partial charge in [-0.15, -0.1) is 0 Å². The SMILES string of the molecule is CC(C)COc1ccc([N+](=O)[O-])cc1Br. The van der Waals surface area contributed by atoms with Crippen molar-refractivity contribution in [3.8, 4) is 5.75 Å². The monoisotopic (exact) mass is 273 g/mol. The van der Waals surface area contributed by atoms with E-state index in [0.29, 0.717) is 22.7 Å². The maximum absolute atomic E-state index is 10.5. The van der Waals surface area contributed by atoms with Gasteiger partial charge < -0.3 is 4.74 Å². The summed E-state index contributed by atoms with van der Waals surface area (Å²) in [5.41, 5.74) is 0.0544. The minimum Gasteiger partial charge on any atom is -0.492 e. The first-order valence-corrected chi connectivity index (χ1v) is 5.36. The van der Waals surface area contributed by atoms with Crippen molar-refractivity contribution < 1.29 is 9.66 Å². The van der Waals surface area contributed by atoms with Gasteiger partial charge in [-0.3, -0.25) is 10.1 Å². The van der Waals surface area contributed by atoms with E-state index < -0.39 is 4.92 Å². The molecule has 5 heteroatoms. The van der Waals surface area contributed by atoms with Crippen molar-refractivity contribution >= 4 is 21.6 Å². The van der Waals surface area contributed by atoms with Crippen molar-refractivity contribution in [2.24, 2.45) is 5.92 Å². The lowest BCUT2D eigenvalue weighted by atomic mass is 10.2. The van der Waals surface area contributed by atoms with Gasteiger partial charge in [0.05, 0.1) is 16.0 Å².